The lowest BCUT2D eigenvalue weighted by Crippen LogP contribution is -2.19. The van der Waals surface area contributed by atoms with Gasteiger partial charge in [0.1, 0.15) is 34.3 Å². The van der Waals surface area contributed by atoms with Crippen LogP contribution in [0.2, 0.25) is 0 Å². The highest BCUT2D eigenvalue weighted by atomic mass is 19.4. The van der Waals surface area contributed by atoms with Gasteiger partial charge in [0.2, 0.25) is 5.82 Å². The lowest BCUT2D eigenvalue weighted by Gasteiger charge is -2.23. The van der Waals surface area contributed by atoms with E-state index in [1.54, 1.807) is 0 Å². The van der Waals surface area contributed by atoms with Crippen molar-refractivity contribution < 1.29 is 53.4 Å². The topological polar surface area (TPSA) is 70.5 Å². The van der Waals surface area contributed by atoms with E-state index in [1.807, 2.05) is 0 Å². The van der Waals surface area contributed by atoms with Crippen LogP contribution in [0.25, 0.3) is 0 Å². The maximum atomic E-state index is 14.6. The Kier molecular flexibility index (Phi) is 6.20. The van der Waals surface area contributed by atoms with Crippen molar-refractivity contribution in [2.45, 2.75) is 12.4 Å². The molecule has 0 spiro atoms. The molecule has 3 aromatic rings. The normalized spacial score (nSPS) is 12.1. The molecule has 0 heterocycles. The standard InChI is InChI=1S/C20H10F10N2O2/c21-7-1-9(31)5-11(3-7)33-17-13(19(25,26)27)15(23)16(24)18(14(17)20(28,29)30)34-12-4-8(22)2-10(32)6-12/h1-6H,31-32H2. The van der Waals surface area contributed by atoms with Crippen molar-refractivity contribution in [2.24, 2.45) is 0 Å². The lowest BCUT2D eigenvalue weighted by atomic mass is 10.0. The smallest absolute Gasteiger partial charge is 0.423 e. The van der Waals surface area contributed by atoms with Crippen molar-refractivity contribution in [3.8, 4) is 23.0 Å². The van der Waals surface area contributed by atoms with Gasteiger partial charge < -0.3 is 20.9 Å². The Balaban J connectivity index is 2.38. The van der Waals surface area contributed by atoms with Crippen LogP contribution in [0.3, 0.4) is 0 Å². The molecule has 0 aliphatic heterocycles. The van der Waals surface area contributed by atoms with Gasteiger partial charge in [0, 0.05) is 35.6 Å². The molecule has 0 aliphatic rings. The van der Waals surface area contributed by atoms with E-state index < -0.39 is 81.1 Å². The van der Waals surface area contributed by atoms with E-state index in [0.717, 1.165) is 0 Å². The number of anilines is 2. The van der Waals surface area contributed by atoms with Crippen LogP contribution >= 0.6 is 0 Å². The average molecular weight is 500 g/mol. The highest BCUT2D eigenvalue weighted by Crippen LogP contribution is 2.53. The molecule has 4 nitrogen and oxygen atoms in total. The third-order valence-electron chi connectivity index (χ3n) is 4.09. The predicted octanol–water partition coefficient (Wildman–Crippen LogP) is 7.03. The summed E-state index contributed by atoms with van der Waals surface area (Å²) in [5, 5.41) is 0. The second-order valence-corrected chi connectivity index (χ2v) is 6.68. The number of ether oxygens (including phenoxy) is 2. The average Bonchev–Trinajstić information content (AvgIpc) is 2.62. The third kappa shape index (κ3) is 5.05. The summed E-state index contributed by atoms with van der Waals surface area (Å²) in [5.74, 6) is -14.2. The molecule has 0 fully saturated rings. The maximum Gasteiger partial charge on any atom is 0.423 e. The van der Waals surface area contributed by atoms with Gasteiger partial charge in [-0.1, -0.05) is 0 Å². The number of nitrogen functional groups attached to an aromatic ring is 2. The van der Waals surface area contributed by atoms with Gasteiger partial charge in [0.05, 0.1) is 0 Å². The third-order valence-corrected chi connectivity index (χ3v) is 4.09. The molecule has 0 saturated carbocycles. The first kappa shape index (κ1) is 24.8. The van der Waals surface area contributed by atoms with E-state index in [4.69, 9.17) is 11.5 Å². The van der Waals surface area contributed by atoms with E-state index in [2.05, 4.69) is 9.47 Å². The molecule has 0 radical (unpaired) electrons. The van der Waals surface area contributed by atoms with Crippen LogP contribution < -0.4 is 20.9 Å². The Morgan fingerprint density at radius 2 is 0.941 bits per heavy atom. The molecule has 0 saturated heterocycles. The molecule has 34 heavy (non-hydrogen) atoms. The van der Waals surface area contributed by atoms with Crippen LogP contribution in [-0.4, -0.2) is 0 Å². The summed E-state index contributed by atoms with van der Waals surface area (Å²) in [5.41, 5.74) is 4.40. The summed E-state index contributed by atoms with van der Waals surface area (Å²) in [6.07, 6.45) is -11.8. The Labute approximate surface area is 183 Å². The second kappa shape index (κ2) is 8.50. The predicted molar refractivity (Wildman–Crippen MR) is 98.1 cm³/mol. The van der Waals surface area contributed by atoms with E-state index >= 15 is 0 Å². The first-order valence-electron chi connectivity index (χ1n) is 8.75. The minimum absolute atomic E-state index is 0.353. The zero-order valence-corrected chi connectivity index (χ0v) is 16.2. The fourth-order valence-corrected chi connectivity index (χ4v) is 2.88. The number of nitrogens with two attached hydrogens (primary N) is 2. The molecule has 0 atom stereocenters. The van der Waals surface area contributed by atoms with Crippen LogP contribution in [0.5, 0.6) is 23.0 Å². The summed E-state index contributed by atoms with van der Waals surface area (Å²) in [7, 11) is 0. The second-order valence-electron chi connectivity index (χ2n) is 6.68. The Hall–Kier alpha value is -3.84. The van der Waals surface area contributed by atoms with Gasteiger partial charge in [0.15, 0.2) is 17.3 Å². The SMILES string of the molecule is Nc1cc(F)cc(Oc2c(F)c(F)c(C(F)(F)F)c(Oc3cc(N)cc(F)c3)c2C(F)(F)F)c1. The molecule has 14 heteroatoms. The number of hydrogen-bond donors (Lipinski definition) is 2. The zero-order valence-electron chi connectivity index (χ0n) is 16.2. The molecule has 0 unspecified atom stereocenters. The molecule has 182 valence electrons. The summed E-state index contributed by atoms with van der Waals surface area (Å²) < 4.78 is 148. The molecular weight excluding hydrogens is 490 g/mol. The monoisotopic (exact) mass is 500 g/mol. The molecule has 0 amide bonds. The summed E-state index contributed by atoms with van der Waals surface area (Å²) in [4.78, 5) is 0. The van der Waals surface area contributed by atoms with Gasteiger partial charge in [-0.3, -0.25) is 0 Å². The van der Waals surface area contributed by atoms with Crippen LogP contribution in [-0.2, 0) is 12.4 Å². The molecule has 0 aliphatic carbocycles. The number of halogens is 10. The van der Waals surface area contributed by atoms with Gasteiger partial charge in [0.25, 0.3) is 0 Å². The van der Waals surface area contributed by atoms with Crippen molar-refractivity contribution in [1.82, 2.24) is 0 Å². The fourth-order valence-electron chi connectivity index (χ4n) is 2.88. The largest absolute Gasteiger partial charge is 0.456 e. The van der Waals surface area contributed by atoms with E-state index in [-0.39, 0.29) is 0 Å². The van der Waals surface area contributed by atoms with Crippen LogP contribution in [0.1, 0.15) is 11.1 Å². The zero-order chi connectivity index (χ0) is 25.6. The molecular formula is C20H10F10N2O2. The Bertz CT molecular complexity index is 1220. The summed E-state index contributed by atoms with van der Waals surface area (Å²) >= 11 is 0. The van der Waals surface area contributed by atoms with Gasteiger partial charge in [-0.05, 0) is 12.1 Å². The highest BCUT2D eigenvalue weighted by molar-refractivity contribution is 5.58. The van der Waals surface area contributed by atoms with Crippen LogP contribution in [0.15, 0.2) is 36.4 Å². The van der Waals surface area contributed by atoms with Crippen molar-refractivity contribution in [2.75, 3.05) is 11.5 Å². The number of hydrogen-bond acceptors (Lipinski definition) is 4. The number of alkyl halides is 6. The summed E-state index contributed by atoms with van der Waals surface area (Å²) in [6.45, 7) is 0. The molecule has 3 rings (SSSR count). The first-order chi connectivity index (χ1) is 15.6. The highest BCUT2D eigenvalue weighted by Gasteiger charge is 2.50. The van der Waals surface area contributed by atoms with E-state index in [1.165, 1.54) is 0 Å². The minimum Gasteiger partial charge on any atom is -0.456 e. The van der Waals surface area contributed by atoms with Crippen LogP contribution in [0, 0.1) is 23.3 Å². The van der Waals surface area contributed by atoms with E-state index in [9.17, 15) is 43.9 Å². The van der Waals surface area contributed by atoms with Crippen molar-refractivity contribution >= 4 is 11.4 Å². The van der Waals surface area contributed by atoms with Crippen molar-refractivity contribution in [3.63, 3.8) is 0 Å². The molecule has 4 N–H and O–H groups in total. The van der Waals surface area contributed by atoms with Crippen LogP contribution in [0.4, 0.5) is 55.3 Å². The Morgan fingerprint density at radius 1 is 0.529 bits per heavy atom. The molecule has 3 aromatic carbocycles. The van der Waals surface area contributed by atoms with Gasteiger partial charge in [-0.25, -0.2) is 13.2 Å². The molecule has 0 aromatic heterocycles. The van der Waals surface area contributed by atoms with Crippen molar-refractivity contribution in [1.29, 1.82) is 0 Å². The summed E-state index contributed by atoms with van der Waals surface area (Å²) in [6, 6.07) is 3.47. The quantitative estimate of drug-likeness (QED) is 0.298. The Morgan fingerprint density at radius 3 is 1.32 bits per heavy atom. The van der Waals surface area contributed by atoms with Crippen molar-refractivity contribution in [3.05, 3.63) is 70.8 Å². The maximum absolute atomic E-state index is 14.6. The first-order valence-corrected chi connectivity index (χ1v) is 8.75. The van der Waals surface area contributed by atoms with Gasteiger partial charge in [-0.2, -0.15) is 30.7 Å². The number of rotatable bonds is 4. The van der Waals surface area contributed by atoms with Gasteiger partial charge >= 0.3 is 12.4 Å². The lowest BCUT2D eigenvalue weighted by molar-refractivity contribution is -0.147. The van der Waals surface area contributed by atoms with Gasteiger partial charge in [-0.15, -0.1) is 0 Å². The minimum atomic E-state index is -5.92. The molecule has 0 bridgehead atoms. The van der Waals surface area contributed by atoms with E-state index in [0.29, 0.717) is 36.4 Å². The fraction of sp³-hybridized carbons (Fsp3) is 0.100. The number of benzene rings is 3.